The van der Waals surface area contributed by atoms with Crippen LogP contribution in [0.5, 0.6) is 0 Å². The molecule has 1 aliphatic rings. The lowest BCUT2D eigenvalue weighted by molar-refractivity contribution is -0.136. The summed E-state index contributed by atoms with van der Waals surface area (Å²) in [5.41, 5.74) is 1.87. The molecule has 1 heterocycles. The molecule has 2 aromatic carbocycles. The fraction of sp³-hybridized carbons (Fsp3) is 0.364. The van der Waals surface area contributed by atoms with Crippen molar-refractivity contribution < 1.29 is 19.4 Å². The number of carboxylic acid groups (broad SMARTS) is 1. The van der Waals surface area contributed by atoms with Gasteiger partial charge in [0.2, 0.25) is 0 Å². The third kappa shape index (κ3) is 5.36. The molecule has 148 valence electrons. The van der Waals surface area contributed by atoms with Gasteiger partial charge in [-0.3, -0.25) is 9.59 Å². The normalized spacial score (nSPS) is 15.1. The molecule has 0 aromatic heterocycles. The topological polar surface area (TPSA) is 66.8 Å². The molecule has 1 N–H and O–H groups in total. The van der Waals surface area contributed by atoms with E-state index in [1.54, 1.807) is 30.0 Å². The lowest BCUT2D eigenvalue weighted by atomic mass is 10.1. The zero-order chi connectivity index (χ0) is 19.9. The zero-order valence-electron chi connectivity index (χ0n) is 15.9. The van der Waals surface area contributed by atoms with Crippen LogP contribution < -0.4 is 0 Å². The fourth-order valence-electron chi connectivity index (χ4n) is 3.04. The highest BCUT2D eigenvalue weighted by Crippen LogP contribution is 2.29. The number of aliphatic carboxylic acids is 1. The molecule has 6 heteroatoms. The van der Waals surface area contributed by atoms with E-state index in [0.717, 1.165) is 12.8 Å². The smallest absolute Gasteiger partial charge is 0.316 e. The summed E-state index contributed by atoms with van der Waals surface area (Å²) in [5.74, 6) is -0.954. The maximum absolute atomic E-state index is 12.8. The van der Waals surface area contributed by atoms with Crippen LogP contribution in [0.1, 0.15) is 29.3 Å². The summed E-state index contributed by atoms with van der Waals surface area (Å²) in [5, 5.41) is 8.51. The van der Waals surface area contributed by atoms with Crippen LogP contribution in [0.3, 0.4) is 0 Å². The van der Waals surface area contributed by atoms with Gasteiger partial charge >= 0.3 is 5.97 Å². The highest BCUT2D eigenvalue weighted by molar-refractivity contribution is 8.00. The Bertz CT molecular complexity index is 805. The molecule has 0 aliphatic carbocycles. The van der Waals surface area contributed by atoms with Crippen molar-refractivity contribution in [3.05, 3.63) is 65.7 Å². The Morgan fingerprint density at radius 1 is 1.14 bits per heavy atom. The Morgan fingerprint density at radius 2 is 1.82 bits per heavy atom. The molecular weight excluding hydrogens is 374 g/mol. The van der Waals surface area contributed by atoms with Crippen LogP contribution in [-0.2, 0) is 16.0 Å². The van der Waals surface area contributed by atoms with Crippen LogP contribution in [0.4, 0.5) is 0 Å². The number of hydrogen-bond donors (Lipinski definition) is 1. The highest BCUT2D eigenvalue weighted by atomic mass is 32.2. The number of benzene rings is 2. The lowest BCUT2D eigenvalue weighted by Gasteiger charge is -2.39. The third-order valence-electron chi connectivity index (χ3n) is 4.71. The zero-order valence-corrected chi connectivity index (χ0v) is 16.7. The van der Waals surface area contributed by atoms with Gasteiger partial charge in [0, 0.05) is 24.6 Å². The standard InChI is InChI=1S/C22H25NO4S/c1-16(22(25)26)28-20-12-6-5-11-19(20)21(24)23-14-18(15-23)27-13-7-10-17-8-3-2-4-9-17/h2-6,8-9,11-12,16,18H,7,10,13-15H2,1H3,(H,25,26). The van der Waals surface area contributed by atoms with Crippen LogP contribution in [0.25, 0.3) is 0 Å². The van der Waals surface area contributed by atoms with Gasteiger partial charge in [-0.1, -0.05) is 42.5 Å². The number of aryl methyl sites for hydroxylation is 1. The minimum atomic E-state index is -0.889. The molecule has 0 radical (unpaired) electrons. The van der Waals surface area contributed by atoms with Gasteiger partial charge in [0.05, 0.1) is 11.7 Å². The Labute approximate surface area is 169 Å². The lowest BCUT2D eigenvalue weighted by Crippen LogP contribution is -2.54. The summed E-state index contributed by atoms with van der Waals surface area (Å²) in [6.07, 6.45) is 2.03. The Kier molecular flexibility index (Phi) is 7.12. The van der Waals surface area contributed by atoms with Crippen LogP contribution in [0, 0.1) is 0 Å². The van der Waals surface area contributed by atoms with Gasteiger partial charge in [0.25, 0.3) is 5.91 Å². The van der Waals surface area contributed by atoms with Gasteiger partial charge in [0.1, 0.15) is 5.25 Å². The predicted octanol–water partition coefficient (Wildman–Crippen LogP) is 3.73. The Hall–Kier alpha value is -2.31. The number of ether oxygens (including phenoxy) is 1. The molecular formula is C22H25NO4S. The number of carboxylic acids is 1. The minimum absolute atomic E-state index is 0.0650. The van der Waals surface area contributed by atoms with Crippen molar-refractivity contribution >= 4 is 23.6 Å². The number of rotatable bonds is 9. The van der Waals surface area contributed by atoms with E-state index in [9.17, 15) is 9.59 Å². The molecule has 1 atom stereocenters. The average Bonchev–Trinajstić information content (AvgIpc) is 2.67. The van der Waals surface area contributed by atoms with Gasteiger partial charge in [-0.2, -0.15) is 0 Å². The Morgan fingerprint density at radius 3 is 2.54 bits per heavy atom. The third-order valence-corrected chi connectivity index (χ3v) is 5.88. The molecule has 0 spiro atoms. The van der Waals surface area contributed by atoms with Crippen molar-refractivity contribution in [3.63, 3.8) is 0 Å². The largest absolute Gasteiger partial charge is 0.480 e. The van der Waals surface area contributed by atoms with Crippen molar-refractivity contribution in [2.45, 2.75) is 36.0 Å². The second-order valence-corrected chi connectivity index (χ2v) is 8.27. The molecule has 1 amide bonds. The van der Waals surface area contributed by atoms with E-state index < -0.39 is 11.2 Å². The number of carbonyl (C=O) groups excluding carboxylic acids is 1. The molecule has 1 saturated heterocycles. The number of thioether (sulfide) groups is 1. The number of hydrogen-bond acceptors (Lipinski definition) is 4. The highest BCUT2D eigenvalue weighted by Gasteiger charge is 2.33. The van der Waals surface area contributed by atoms with E-state index in [4.69, 9.17) is 9.84 Å². The maximum atomic E-state index is 12.8. The van der Waals surface area contributed by atoms with Crippen LogP contribution in [-0.4, -0.2) is 52.9 Å². The van der Waals surface area contributed by atoms with E-state index in [2.05, 4.69) is 12.1 Å². The molecule has 3 rings (SSSR count). The minimum Gasteiger partial charge on any atom is -0.480 e. The molecule has 28 heavy (non-hydrogen) atoms. The first-order valence-electron chi connectivity index (χ1n) is 9.48. The van der Waals surface area contributed by atoms with Gasteiger partial charge in [0.15, 0.2) is 0 Å². The van der Waals surface area contributed by atoms with E-state index in [-0.39, 0.29) is 12.0 Å². The molecule has 1 fully saturated rings. The Balaban J connectivity index is 1.44. The first-order chi connectivity index (χ1) is 13.5. The number of carbonyl (C=O) groups is 2. The van der Waals surface area contributed by atoms with Crippen molar-refractivity contribution in [2.24, 2.45) is 0 Å². The molecule has 1 unspecified atom stereocenters. The van der Waals surface area contributed by atoms with Crippen molar-refractivity contribution in [3.8, 4) is 0 Å². The molecule has 5 nitrogen and oxygen atoms in total. The van der Waals surface area contributed by atoms with Crippen LogP contribution in [0.2, 0.25) is 0 Å². The molecule has 0 bridgehead atoms. The summed E-state index contributed by atoms with van der Waals surface area (Å²) in [6.45, 7) is 3.47. The van der Waals surface area contributed by atoms with Gasteiger partial charge in [-0.15, -0.1) is 11.8 Å². The van der Waals surface area contributed by atoms with Crippen LogP contribution >= 0.6 is 11.8 Å². The SMILES string of the molecule is CC(Sc1ccccc1C(=O)N1CC(OCCCc2ccccc2)C1)C(=O)O. The van der Waals surface area contributed by atoms with Crippen molar-refractivity contribution in [1.29, 1.82) is 0 Å². The predicted molar refractivity (Wildman–Crippen MR) is 110 cm³/mol. The summed E-state index contributed by atoms with van der Waals surface area (Å²) >= 11 is 1.20. The molecule has 0 saturated carbocycles. The van der Waals surface area contributed by atoms with E-state index >= 15 is 0 Å². The summed E-state index contributed by atoms with van der Waals surface area (Å²) < 4.78 is 5.87. The van der Waals surface area contributed by atoms with Crippen molar-refractivity contribution in [2.75, 3.05) is 19.7 Å². The average molecular weight is 400 g/mol. The van der Waals surface area contributed by atoms with E-state index in [0.29, 0.717) is 30.2 Å². The number of nitrogens with zero attached hydrogens (tertiary/aromatic N) is 1. The second kappa shape index (κ2) is 9.75. The van der Waals surface area contributed by atoms with Gasteiger partial charge < -0.3 is 14.7 Å². The number of amides is 1. The fourth-order valence-corrected chi connectivity index (χ4v) is 3.96. The monoisotopic (exact) mass is 399 g/mol. The maximum Gasteiger partial charge on any atom is 0.316 e. The molecule has 1 aliphatic heterocycles. The summed E-state index contributed by atoms with van der Waals surface area (Å²) in [7, 11) is 0. The first-order valence-corrected chi connectivity index (χ1v) is 10.4. The van der Waals surface area contributed by atoms with Crippen LogP contribution in [0.15, 0.2) is 59.5 Å². The summed E-state index contributed by atoms with van der Waals surface area (Å²) in [6, 6.07) is 17.5. The van der Waals surface area contributed by atoms with E-state index in [1.165, 1.54) is 17.3 Å². The number of likely N-dealkylation sites (tertiary alicyclic amines) is 1. The quantitative estimate of drug-likeness (QED) is 0.514. The second-order valence-electron chi connectivity index (χ2n) is 6.89. The van der Waals surface area contributed by atoms with Crippen molar-refractivity contribution in [1.82, 2.24) is 4.90 Å². The summed E-state index contributed by atoms with van der Waals surface area (Å²) in [4.78, 5) is 26.3. The van der Waals surface area contributed by atoms with Gasteiger partial charge in [-0.25, -0.2) is 0 Å². The van der Waals surface area contributed by atoms with Gasteiger partial charge in [-0.05, 0) is 37.5 Å². The first kappa shape index (κ1) is 20.4. The molecule has 2 aromatic rings. The van der Waals surface area contributed by atoms with E-state index in [1.807, 2.05) is 24.3 Å².